The Morgan fingerprint density at radius 3 is 2.74 bits per heavy atom. The third-order valence-corrected chi connectivity index (χ3v) is 5.86. The minimum Gasteiger partial charge on any atom is -0.383 e. The normalized spacial score (nSPS) is 12.4. The van der Waals surface area contributed by atoms with Gasteiger partial charge in [-0.15, -0.1) is 0 Å². The molecule has 0 saturated heterocycles. The molecular weight excluding hydrogens is 403 g/mol. The second-order valence-electron chi connectivity index (χ2n) is 5.85. The summed E-state index contributed by atoms with van der Waals surface area (Å²) in [5.74, 6) is -0.351. The summed E-state index contributed by atoms with van der Waals surface area (Å²) in [6.07, 6.45) is 3.09. The number of methoxy groups -OCH3 is 1. The quantitative estimate of drug-likeness (QED) is 0.538. The van der Waals surface area contributed by atoms with Crippen LogP contribution in [0.1, 0.15) is 11.1 Å². The summed E-state index contributed by atoms with van der Waals surface area (Å²) in [4.78, 5) is 17.3. The molecule has 1 heterocycles. The van der Waals surface area contributed by atoms with E-state index in [1.165, 1.54) is 17.4 Å². The molecule has 0 aliphatic rings. The lowest BCUT2D eigenvalue weighted by atomic mass is 10.2. The van der Waals surface area contributed by atoms with Gasteiger partial charge in [-0.05, 0) is 42.3 Å². The molecule has 140 valence electrons. The second kappa shape index (κ2) is 8.85. The molecule has 0 unspecified atom stereocenters. The number of carbonyl (C=O) groups excluding carboxylic acids is 1. The molecule has 0 spiro atoms. The molecule has 1 amide bonds. The Kier molecular flexibility index (Phi) is 6.50. The average molecular weight is 421 g/mol. The lowest BCUT2D eigenvalue weighted by Crippen LogP contribution is -2.19. The Morgan fingerprint density at radius 1 is 1.22 bits per heavy atom. The van der Waals surface area contributed by atoms with E-state index in [1.54, 1.807) is 19.3 Å². The number of rotatable bonds is 5. The van der Waals surface area contributed by atoms with Crippen molar-refractivity contribution in [3.63, 3.8) is 0 Å². The number of benzene rings is 2. The average Bonchev–Trinajstić information content (AvgIpc) is 3.00. The Bertz CT molecular complexity index is 1080. The number of nitrogens with zero attached hydrogens (tertiary/aromatic N) is 2. The lowest BCUT2D eigenvalue weighted by Gasteiger charge is -2.07. The third kappa shape index (κ3) is 4.50. The van der Waals surface area contributed by atoms with Crippen LogP contribution in [-0.2, 0) is 16.1 Å². The van der Waals surface area contributed by atoms with Crippen molar-refractivity contribution in [2.75, 3.05) is 13.7 Å². The highest BCUT2D eigenvalue weighted by Crippen LogP contribution is 2.27. The van der Waals surface area contributed by atoms with Crippen LogP contribution in [0.4, 0.5) is 0 Å². The first-order valence-electron chi connectivity index (χ1n) is 8.30. The Balaban J connectivity index is 2.03. The van der Waals surface area contributed by atoms with E-state index in [0.717, 1.165) is 21.3 Å². The maximum Gasteiger partial charge on any atom is 0.272 e. The number of amides is 1. The van der Waals surface area contributed by atoms with E-state index in [1.807, 2.05) is 41.8 Å². The van der Waals surface area contributed by atoms with Gasteiger partial charge in [0.25, 0.3) is 5.91 Å². The van der Waals surface area contributed by atoms with E-state index in [-0.39, 0.29) is 5.91 Å². The Morgan fingerprint density at radius 2 is 2.00 bits per heavy atom. The highest BCUT2D eigenvalue weighted by molar-refractivity contribution is 7.16. The molecule has 0 N–H and O–H groups in total. The first-order chi connectivity index (χ1) is 13.0. The molecule has 1 aromatic heterocycles. The molecular formula is C20H18Cl2N2O2S. The van der Waals surface area contributed by atoms with Crippen LogP contribution < -0.4 is 4.80 Å². The number of hydrogen-bond donors (Lipinski definition) is 0. The topological polar surface area (TPSA) is 43.6 Å². The Hall–Kier alpha value is -1.92. The summed E-state index contributed by atoms with van der Waals surface area (Å²) < 4.78 is 8.21. The standard InChI is InChI=1S/C20H18Cl2N2O2S/c1-13-15(21)8-9-17-19(13)24(11-12-26-2)20(27-17)23-18(25)10-7-14-5-3-4-6-16(14)22/h3-10H,11-12H2,1-2H3/b10-7+,23-20?. The van der Waals surface area contributed by atoms with Crippen LogP contribution >= 0.6 is 34.5 Å². The molecule has 0 saturated carbocycles. The molecule has 0 aliphatic carbocycles. The summed E-state index contributed by atoms with van der Waals surface area (Å²) in [5.41, 5.74) is 2.71. The van der Waals surface area contributed by atoms with Crippen molar-refractivity contribution in [2.45, 2.75) is 13.5 Å². The van der Waals surface area contributed by atoms with Crippen molar-refractivity contribution >= 4 is 56.7 Å². The van der Waals surface area contributed by atoms with Gasteiger partial charge in [0.05, 0.1) is 16.8 Å². The van der Waals surface area contributed by atoms with Crippen molar-refractivity contribution in [2.24, 2.45) is 4.99 Å². The van der Waals surface area contributed by atoms with Crippen LogP contribution in [0.25, 0.3) is 16.3 Å². The van der Waals surface area contributed by atoms with Crippen LogP contribution in [-0.4, -0.2) is 24.2 Å². The van der Waals surface area contributed by atoms with Gasteiger partial charge in [0.1, 0.15) is 0 Å². The van der Waals surface area contributed by atoms with E-state index in [9.17, 15) is 4.79 Å². The molecule has 3 rings (SSSR count). The fraction of sp³-hybridized carbons (Fsp3) is 0.200. The summed E-state index contributed by atoms with van der Waals surface area (Å²) in [6, 6.07) is 11.1. The van der Waals surface area contributed by atoms with E-state index >= 15 is 0 Å². The summed E-state index contributed by atoms with van der Waals surface area (Å²) in [7, 11) is 1.64. The second-order valence-corrected chi connectivity index (χ2v) is 7.68. The first-order valence-corrected chi connectivity index (χ1v) is 9.87. The molecule has 3 aromatic rings. The van der Waals surface area contributed by atoms with Gasteiger partial charge < -0.3 is 9.30 Å². The smallest absolute Gasteiger partial charge is 0.272 e. The van der Waals surface area contributed by atoms with E-state index in [2.05, 4.69) is 4.99 Å². The van der Waals surface area contributed by atoms with Gasteiger partial charge in [0, 0.05) is 29.8 Å². The molecule has 0 aliphatic heterocycles. The zero-order valence-electron chi connectivity index (χ0n) is 14.9. The van der Waals surface area contributed by atoms with Gasteiger partial charge in [-0.3, -0.25) is 4.79 Å². The predicted molar refractivity (Wildman–Crippen MR) is 112 cm³/mol. The number of thiazole rings is 1. The SMILES string of the molecule is COCCn1c(=NC(=O)/C=C/c2ccccc2Cl)sc2ccc(Cl)c(C)c21. The molecule has 0 radical (unpaired) electrons. The maximum absolute atomic E-state index is 12.4. The molecule has 7 heteroatoms. The van der Waals surface area contributed by atoms with Gasteiger partial charge in [-0.2, -0.15) is 4.99 Å². The van der Waals surface area contributed by atoms with Crippen LogP contribution in [0.15, 0.2) is 47.5 Å². The molecule has 0 atom stereocenters. The van der Waals surface area contributed by atoms with Crippen molar-refractivity contribution in [3.05, 3.63) is 68.4 Å². The number of aryl methyl sites for hydroxylation is 1. The fourth-order valence-corrected chi connectivity index (χ4v) is 4.17. The lowest BCUT2D eigenvalue weighted by molar-refractivity contribution is -0.113. The van der Waals surface area contributed by atoms with Gasteiger partial charge in [0.15, 0.2) is 4.80 Å². The largest absolute Gasteiger partial charge is 0.383 e. The zero-order chi connectivity index (χ0) is 19.4. The number of carbonyl (C=O) groups is 1. The van der Waals surface area contributed by atoms with Crippen LogP contribution in [0.3, 0.4) is 0 Å². The highest BCUT2D eigenvalue weighted by Gasteiger charge is 2.11. The molecule has 2 aromatic carbocycles. The zero-order valence-corrected chi connectivity index (χ0v) is 17.2. The van der Waals surface area contributed by atoms with Gasteiger partial charge in [-0.25, -0.2) is 0 Å². The molecule has 0 bridgehead atoms. The van der Waals surface area contributed by atoms with E-state index < -0.39 is 0 Å². The monoisotopic (exact) mass is 420 g/mol. The Labute approximate surface area is 171 Å². The predicted octanol–water partition coefficient (Wildman–Crippen LogP) is 5.11. The van der Waals surface area contributed by atoms with Crippen LogP contribution in [0.5, 0.6) is 0 Å². The van der Waals surface area contributed by atoms with Crippen molar-refractivity contribution in [1.82, 2.24) is 4.57 Å². The van der Waals surface area contributed by atoms with Crippen LogP contribution in [0.2, 0.25) is 10.0 Å². The van der Waals surface area contributed by atoms with Gasteiger partial charge in [-0.1, -0.05) is 52.7 Å². The molecule has 4 nitrogen and oxygen atoms in total. The van der Waals surface area contributed by atoms with Gasteiger partial charge in [0.2, 0.25) is 0 Å². The number of aromatic nitrogens is 1. The van der Waals surface area contributed by atoms with Crippen molar-refractivity contribution in [1.29, 1.82) is 0 Å². The van der Waals surface area contributed by atoms with Crippen LogP contribution in [0, 0.1) is 6.92 Å². The minimum atomic E-state index is -0.351. The van der Waals surface area contributed by atoms with Crippen molar-refractivity contribution < 1.29 is 9.53 Å². The molecule has 27 heavy (non-hydrogen) atoms. The number of hydrogen-bond acceptors (Lipinski definition) is 3. The number of fused-ring (bicyclic) bond motifs is 1. The molecule has 0 fully saturated rings. The summed E-state index contributed by atoms with van der Waals surface area (Å²) in [5, 5.41) is 1.27. The minimum absolute atomic E-state index is 0.351. The first kappa shape index (κ1) is 19.8. The maximum atomic E-state index is 12.4. The highest BCUT2D eigenvalue weighted by atomic mass is 35.5. The van der Waals surface area contributed by atoms with E-state index in [4.69, 9.17) is 27.9 Å². The summed E-state index contributed by atoms with van der Waals surface area (Å²) in [6.45, 7) is 3.05. The van der Waals surface area contributed by atoms with Gasteiger partial charge >= 0.3 is 0 Å². The van der Waals surface area contributed by atoms with Crippen molar-refractivity contribution in [3.8, 4) is 0 Å². The number of ether oxygens (including phenoxy) is 1. The number of halogens is 2. The fourth-order valence-electron chi connectivity index (χ4n) is 2.69. The summed E-state index contributed by atoms with van der Waals surface area (Å²) >= 11 is 13.8. The third-order valence-electron chi connectivity index (χ3n) is 4.07. The van der Waals surface area contributed by atoms with E-state index in [0.29, 0.717) is 28.0 Å².